The van der Waals surface area contributed by atoms with E-state index >= 15 is 0 Å². The van der Waals surface area contributed by atoms with E-state index in [4.69, 9.17) is 5.73 Å². The predicted molar refractivity (Wildman–Crippen MR) is 84.9 cm³/mol. The third-order valence-electron chi connectivity index (χ3n) is 5.94. The maximum absolute atomic E-state index is 13.0. The molecule has 0 bridgehead atoms. The predicted octanol–water partition coefficient (Wildman–Crippen LogP) is 1.84. The first-order valence-electron chi connectivity index (χ1n) is 8.93. The van der Waals surface area contributed by atoms with Gasteiger partial charge in [0, 0.05) is 31.1 Å². The first kappa shape index (κ1) is 15.3. The number of hydrogen-bond donors (Lipinski definition) is 1. The third-order valence-corrected chi connectivity index (χ3v) is 5.94. The lowest BCUT2D eigenvalue weighted by molar-refractivity contribution is -0.144. The molecule has 4 nitrogen and oxygen atoms in total. The molecule has 3 rings (SSSR count). The van der Waals surface area contributed by atoms with Gasteiger partial charge in [-0.2, -0.15) is 0 Å². The molecule has 120 valence electrons. The molecule has 1 saturated carbocycles. The summed E-state index contributed by atoms with van der Waals surface area (Å²) in [5, 5.41) is 0. The summed E-state index contributed by atoms with van der Waals surface area (Å²) in [7, 11) is 0. The minimum atomic E-state index is 0.241. The molecule has 4 heteroatoms. The second kappa shape index (κ2) is 6.66. The normalized spacial score (nSPS) is 38.1. The maximum atomic E-state index is 13.0. The van der Waals surface area contributed by atoms with E-state index in [0.29, 0.717) is 23.9 Å². The zero-order chi connectivity index (χ0) is 14.8. The quantitative estimate of drug-likeness (QED) is 0.845. The number of fused-ring (bicyclic) bond motifs is 1. The number of carbonyl (C=O) groups excluding carboxylic acids is 1. The van der Waals surface area contributed by atoms with E-state index in [2.05, 4.69) is 16.7 Å². The molecule has 2 aliphatic heterocycles. The first-order chi connectivity index (χ1) is 10.2. The number of carbonyl (C=O) groups is 1. The summed E-state index contributed by atoms with van der Waals surface area (Å²) in [6.07, 6.45) is 8.42. The van der Waals surface area contributed by atoms with Crippen LogP contribution in [0.5, 0.6) is 0 Å². The number of rotatable bonds is 2. The van der Waals surface area contributed by atoms with Crippen LogP contribution in [0.4, 0.5) is 0 Å². The molecule has 4 unspecified atom stereocenters. The van der Waals surface area contributed by atoms with Crippen molar-refractivity contribution in [2.45, 2.75) is 64.0 Å². The van der Waals surface area contributed by atoms with Gasteiger partial charge in [0.2, 0.25) is 5.91 Å². The molecule has 4 atom stereocenters. The second-order valence-electron chi connectivity index (χ2n) is 7.45. The van der Waals surface area contributed by atoms with Crippen molar-refractivity contribution in [1.82, 2.24) is 9.80 Å². The van der Waals surface area contributed by atoms with Crippen molar-refractivity contribution in [3.63, 3.8) is 0 Å². The number of nitrogens with zero attached hydrogens (tertiary/aromatic N) is 2. The molecule has 0 radical (unpaired) electrons. The summed E-state index contributed by atoms with van der Waals surface area (Å²) in [6.45, 7) is 6.24. The Labute approximate surface area is 129 Å². The highest BCUT2D eigenvalue weighted by molar-refractivity contribution is 5.79. The topological polar surface area (TPSA) is 49.6 Å². The molecule has 1 aliphatic carbocycles. The van der Waals surface area contributed by atoms with E-state index in [9.17, 15) is 4.79 Å². The summed E-state index contributed by atoms with van der Waals surface area (Å²) in [5.41, 5.74) is 5.83. The highest BCUT2D eigenvalue weighted by Gasteiger charge is 2.38. The number of nitrogens with two attached hydrogens (primary N) is 1. The lowest BCUT2D eigenvalue weighted by atomic mass is 9.80. The minimum absolute atomic E-state index is 0.241. The van der Waals surface area contributed by atoms with Crippen LogP contribution < -0.4 is 5.73 Å². The van der Waals surface area contributed by atoms with E-state index in [1.165, 1.54) is 38.6 Å². The lowest BCUT2D eigenvalue weighted by Crippen LogP contribution is -2.61. The van der Waals surface area contributed by atoms with E-state index < -0.39 is 0 Å². The number of piperidine rings is 1. The van der Waals surface area contributed by atoms with Crippen molar-refractivity contribution in [3.05, 3.63) is 0 Å². The van der Waals surface area contributed by atoms with Crippen LogP contribution in [0.15, 0.2) is 0 Å². The Morgan fingerprint density at radius 2 is 2.00 bits per heavy atom. The van der Waals surface area contributed by atoms with E-state index in [1.807, 2.05) is 0 Å². The molecule has 2 N–H and O–H groups in total. The van der Waals surface area contributed by atoms with Crippen molar-refractivity contribution < 1.29 is 4.79 Å². The number of amides is 1. The number of hydrogen-bond acceptors (Lipinski definition) is 3. The Morgan fingerprint density at radius 1 is 1.14 bits per heavy atom. The van der Waals surface area contributed by atoms with Crippen LogP contribution >= 0.6 is 0 Å². The Morgan fingerprint density at radius 3 is 2.81 bits per heavy atom. The maximum Gasteiger partial charge on any atom is 0.226 e. The summed E-state index contributed by atoms with van der Waals surface area (Å²) in [4.78, 5) is 17.8. The molecule has 0 spiro atoms. The van der Waals surface area contributed by atoms with E-state index in [1.54, 1.807) is 0 Å². The summed E-state index contributed by atoms with van der Waals surface area (Å²) < 4.78 is 0. The second-order valence-corrected chi connectivity index (χ2v) is 7.45. The van der Waals surface area contributed by atoms with Crippen LogP contribution in [-0.4, -0.2) is 54.0 Å². The van der Waals surface area contributed by atoms with E-state index in [-0.39, 0.29) is 5.92 Å². The van der Waals surface area contributed by atoms with Gasteiger partial charge in [-0.25, -0.2) is 0 Å². The van der Waals surface area contributed by atoms with Crippen LogP contribution in [-0.2, 0) is 4.79 Å². The molecule has 0 aromatic rings. The average Bonchev–Trinajstić information content (AvgIpc) is 2.53. The Bertz CT molecular complexity index is 373. The van der Waals surface area contributed by atoms with Gasteiger partial charge < -0.3 is 10.6 Å². The van der Waals surface area contributed by atoms with Gasteiger partial charge in [-0.15, -0.1) is 0 Å². The largest absolute Gasteiger partial charge is 0.337 e. The molecular formula is C17H31N3O. The molecule has 3 aliphatic rings. The third kappa shape index (κ3) is 3.26. The fraction of sp³-hybridized carbons (Fsp3) is 0.941. The average molecular weight is 293 g/mol. The lowest BCUT2D eigenvalue weighted by Gasteiger charge is -2.48. The van der Waals surface area contributed by atoms with Crippen molar-refractivity contribution in [1.29, 1.82) is 0 Å². The minimum Gasteiger partial charge on any atom is -0.337 e. The molecule has 1 amide bonds. The molecule has 21 heavy (non-hydrogen) atoms. The van der Waals surface area contributed by atoms with Crippen molar-refractivity contribution in [2.75, 3.05) is 26.2 Å². The standard InChI is InChI=1S/C17H31N3O/c1-13-11-19-8-3-2-7-16(19)12-20(13)17(21)15-6-4-5-14(9-15)10-18/h13-16H,2-12,18H2,1H3. The van der Waals surface area contributed by atoms with Crippen LogP contribution in [0, 0.1) is 11.8 Å². The highest BCUT2D eigenvalue weighted by Crippen LogP contribution is 2.32. The van der Waals surface area contributed by atoms with Gasteiger partial charge in [-0.1, -0.05) is 12.8 Å². The fourth-order valence-electron chi connectivity index (χ4n) is 4.62. The zero-order valence-corrected chi connectivity index (χ0v) is 13.5. The monoisotopic (exact) mass is 293 g/mol. The molecule has 0 aromatic carbocycles. The number of piperazine rings is 1. The van der Waals surface area contributed by atoms with Gasteiger partial charge >= 0.3 is 0 Å². The smallest absolute Gasteiger partial charge is 0.226 e. The van der Waals surface area contributed by atoms with Gasteiger partial charge in [-0.05, 0) is 58.0 Å². The summed E-state index contributed by atoms with van der Waals surface area (Å²) >= 11 is 0. The van der Waals surface area contributed by atoms with Crippen LogP contribution in [0.2, 0.25) is 0 Å². The van der Waals surface area contributed by atoms with Crippen LogP contribution in [0.25, 0.3) is 0 Å². The zero-order valence-electron chi connectivity index (χ0n) is 13.5. The fourth-order valence-corrected chi connectivity index (χ4v) is 4.62. The Hall–Kier alpha value is -0.610. The molecular weight excluding hydrogens is 262 g/mol. The van der Waals surface area contributed by atoms with Gasteiger partial charge in [0.15, 0.2) is 0 Å². The van der Waals surface area contributed by atoms with E-state index in [0.717, 1.165) is 32.5 Å². The van der Waals surface area contributed by atoms with Crippen molar-refractivity contribution in [3.8, 4) is 0 Å². The summed E-state index contributed by atoms with van der Waals surface area (Å²) in [6, 6.07) is 0.998. The van der Waals surface area contributed by atoms with Gasteiger partial charge in [-0.3, -0.25) is 9.69 Å². The van der Waals surface area contributed by atoms with Gasteiger partial charge in [0.05, 0.1) is 0 Å². The Balaban J connectivity index is 1.63. The molecule has 2 saturated heterocycles. The SMILES string of the molecule is CC1CN2CCCCC2CN1C(=O)C1CCCC(CN)C1. The molecule has 3 fully saturated rings. The van der Waals surface area contributed by atoms with Crippen LogP contribution in [0.1, 0.15) is 51.9 Å². The van der Waals surface area contributed by atoms with Crippen molar-refractivity contribution >= 4 is 5.91 Å². The van der Waals surface area contributed by atoms with Gasteiger partial charge in [0.1, 0.15) is 0 Å². The molecule has 0 aromatic heterocycles. The van der Waals surface area contributed by atoms with Crippen LogP contribution in [0.3, 0.4) is 0 Å². The van der Waals surface area contributed by atoms with Crippen molar-refractivity contribution in [2.24, 2.45) is 17.6 Å². The summed E-state index contributed by atoms with van der Waals surface area (Å²) in [5.74, 6) is 1.23. The van der Waals surface area contributed by atoms with Gasteiger partial charge in [0.25, 0.3) is 0 Å². The highest BCUT2D eigenvalue weighted by atomic mass is 16.2. The molecule has 2 heterocycles. The Kier molecular flexibility index (Phi) is 4.85. The first-order valence-corrected chi connectivity index (χ1v) is 8.93.